The van der Waals surface area contributed by atoms with Gasteiger partial charge in [-0.25, -0.2) is 4.79 Å². The average molecular weight is 290 g/mol. The molecule has 4 nitrogen and oxygen atoms in total. The van der Waals surface area contributed by atoms with Gasteiger partial charge in [-0.1, -0.05) is 0 Å². The Balaban J connectivity index is 1.72. The lowest BCUT2D eigenvalue weighted by Gasteiger charge is -2.30. The highest BCUT2D eigenvalue weighted by Crippen LogP contribution is 2.27. The largest absolute Gasteiger partial charge is 0.444 e. The van der Waals surface area contributed by atoms with Crippen molar-refractivity contribution in [1.29, 1.82) is 0 Å². The number of nitrogens with zero attached hydrogens (tertiary/aromatic N) is 1. The zero-order valence-corrected chi connectivity index (χ0v) is 13.3. The average Bonchev–Trinajstić information content (AvgIpc) is 2.40. The van der Waals surface area contributed by atoms with E-state index in [-0.39, 0.29) is 12.1 Å². The van der Waals surface area contributed by atoms with Crippen LogP contribution in [0.3, 0.4) is 0 Å². The number of alkyl carbamates (subject to hydrolysis) is 1. The van der Waals surface area contributed by atoms with Gasteiger partial charge in [0.1, 0.15) is 5.60 Å². The second-order valence-corrected chi connectivity index (χ2v) is 6.92. The molecule has 21 heavy (non-hydrogen) atoms. The van der Waals surface area contributed by atoms with Crippen LogP contribution in [0.4, 0.5) is 4.79 Å². The third-order valence-electron chi connectivity index (χ3n) is 3.84. The van der Waals surface area contributed by atoms with E-state index in [1.54, 1.807) is 0 Å². The van der Waals surface area contributed by atoms with Crippen molar-refractivity contribution in [3.63, 3.8) is 0 Å². The molecule has 2 rings (SSSR count). The molecule has 0 bridgehead atoms. The normalized spacial score (nSPS) is 22.6. The molecule has 1 aromatic heterocycles. The van der Waals surface area contributed by atoms with Gasteiger partial charge in [0.15, 0.2) is 0 Å². The number of amides is 1. The summed E-state index contributed by atoms with van der Waals surface area (Å²) >= 11 is 0. The summed E-state index contributed by atoms with van der Waals surface area (Å²) in [4.78, 5) is 15.8. The Morgan fingerprint density at radius 1 is 1.24 bits per heavy atom. The van der Waals surface area contributed by atoms with Crippen LogP contribution in [0.15, 0.2) is 24.5 Å². The summed E-state index contributed by atoms with van der Waals surface area (Å²) in [5, 5.41) is 2.99. The summed E-state index contributed by atoms with van der Waals surface area (Å²) in [6.07, 6.45) is 8.91. The van der Waals surface area contributed by atoms with Crippen LogP contribution in [0.1, 0.15) is 52.0 Å². The molecule has 1 heterocycles. The minimum absolute atomic E-state index is 0.258. The second-order valence-electron chi connectivity index (χ2n) is 6.92. The number of nitrogens with one attached hydrogen (secondary N) is 1. The predicted molar refractivity (Wildman–Crippen MR) is 83.1 cm³/mol. The second kappa shape index (κ2) is 6.92. The van der Waals surface area contributed by atoms with E-state index >= 15 is 0 Å². The van der Waals surface area contributed by atoms with E-state index in [1.165, 1.54) is 5.56 Å². The van der Waals surface area contributed by atoms with Gasteiger partial charge in [0.25, 0.3) is 0 Å². The number of hydrogen-bond acceptors (Lipinski definition) is 3. The summed E-state index contributed by atoms with van der Waals surface area (Å²) in [7, 11) is 0. The highest BCUT2D eigenvalue weighted by atomic mass is 16.6. The Hall–Kier alpha value is -1.58. The molecule has 0 aliphatic heterocycles. The van der Waals surface area contributed by atoms with Crippen molar-refractivity contribution in [3.8, 4) is 0 Å². The van der Waals surface area contributed by atoms with Gasteiger partial charge < -0.3 is 10.1 Å². The number of aromatic nitrogens is 1. The molecule has 0 spiro atoms. The number of rotatable bonds is 3. The predicted octanol–water partition coefficient (Wildman–Crippen LogP) is 3.71. The Bertz CT molecular complexity index is 446. The third-order valence-corrected chi connectivity index (χ3v) is 3.84. The lowest BCUT2D eigenvalue weighted by Crippen LogP contribution is -2.41. The first-order valence-corrected chi connectivity index (χ1v) is 7.81. The molecule has 0 aromatic carbocycles. The summed E-state index contributed by atoms with van der Waals surface area (Å²) in [5.41, 5.74) is 0.927. The van der Waals surface area contributed by atoms with Crippen LogP contribution in [0.5, 0.6) is 0 Å². The van der Waals surface area contributed by atoms with E-state index in [9.17, 15) is 4.79 Å². The minimum Gasteiger partial charge on any atom is -0.444 e. The monoisotopic (exact) mass is 290 g/mol. The van der Waals surface area contributed by atoms with Crippen molar-refractivity contribution >= 4 is 6.09 Å². The highest BCUT2D eigenvalue weighted by Gasteiger charge is 2.24. The highest BCUT2D eigenvalue weighted by molar-refractivity contribution is 5.68. The molecule has 1 aliphatic rings. The lowest BCUT2D eigenvalue weighted by molar-refractivity contribution is 0.0487. The van der Waals surface area contributed by atoms with Crippen molar-refractivity contribution in [2.75, 3.05) is 0 Å². The van der Waals surface area contributed by atoms with Crippen LogP contribution in [0.25, 0.3) is 0 Å². The maximum atomic E-state index is 11.8. The third kappa shape index (κ3) is 5.74. The Morgan fingerprint density at radius 2 is 1.86 bits per heavy atom. The molecule has 1 amide bonds. The van der Waals surface area contributed by atoms with Crippen molar-refractivity contribution < 1.29 is 9.53 Å². The fraction of sp³-hybridized carbons (Fsp3) is 0.647. The first-order chi connectivity index (χ1) is 9.92. The number of carbonyl (C=O) groups is 1. The van der Waals surface area contributed by atoms with Gasteiger partial charge in [0, 0.05) is 18.4 Å². The van der Waals surface area contributed by atoms with Crippen molar-refractivity contribution in [2.24, 2.45) is 5.92 Å². The fourth-order valence-corrected chi connectivity index (χ4v) is 2.84. The lowest BCUT2D eigenvalue weighted by atomic mass is 9.82. The van der Waals surface area contributed by atoms with Gasteiger partial charge in [0.05, 0.1) is 0 Å². The first kappa shape index (κ1) is 15.8. The maximum absolute atomic E-state index is 11.8. The number of pyridine rings is 1. The van der Waals surface area contributed by atoms with Crippen LogP contribution >= 0.6 is 0 Å². The molecule has 1 aromatic rings. The molecule has 116 valence electrons. The smallest absolute Gasteiger partial charge is 0.407 e. The number of hydrogen-bond donors (Lipinski definition) is 1. The zero-order chi connectivity index (χ0) is 15.3. The molecule has 0 atom stereocenters. The van der Waals surface area contributed by atoms with Crippen molar-refractivity contribution in [1.82, 2.24) is 10.3 Å². The SMILES string of the molecule is CC(C)(C)OC(=O)NC1CCC(Cc2ccncc2)CC1. The molecule has 0 radical (unpaired) electrons. The van der Waals surface area contributed by atoms with Gasteiger partial charge in [-0.2, -0.15) is 0 Å². The van der Waals surface area contributed by atoms with Crippen LogP contribution in [-0.4, -0.2) is 22.7 Å². The summed E-state index contributed by atoms with van der Waals surface area (Å²) in [6.45, 7) is 5.66. The Labute approximate surface area is 127 Å². The molecular weight excluding hydrogens is 264 g/mol. The van der Waals surface area contributed by atoms with E-state index in [2.05, 4.69) is 22.4 Å². The Kier molecular flexibility index (Phi) is 5.21. The number of ether oxygens (including phenoxy) is 1. The van der Waals surface area contributed by atoms with Gasteiger partial charge >= 0.3 is 6.09 Å². The van der Waals surface area contributed by atoms with Gasteiger partial charge in [-0.3, -0.25) is 4.98 Å². The topological polar surface area (TPSA) is 51.2 Å². The molecule has 4 heteroatoms. The van der Waals surface area contributed by atoms with Gasteiger partial charge in [0.2, 0.25) is 0 Å². The summed E-state index contributed by atoms with van der Waals surface area (Å²) in [6, 6.07) is 4.43. The van der Waals surface area contributed by atoms with Gasteiger partial charge in [-0.05, 0) is 76.5 Å². The van der Waals surface area contributed by atoms with E-state index in [0.29, 0.717) is 5.92 Å². The summed E-state index contributed by atoms with van der Waals surface area (Å²) < 4.78 is 5.31. The molecule has 0 saturated heterocycles. The van der Waals surface area contributed by atoms with E-state index in [1.807, 2.05) is 33.2 Å². The molecule has 1 fully saturated rings. The van der Waals surface area contributed by atoms with E-state index in [0.717, 1.165) is 32.1 Å². The molecule has 1 saturated carbocycles. The zero-order valence-electron chi connectivity index (χ0n) is 13.3. The van der Waals surface area contributed by atoms with Crippen LogP contribution < -0.4 is 5.32 Å². The Morgan fingerprint density at radius 3 is 2.43 bits per heavy atom. The minimum atomic E-state index is -0.428. The van der Waals surface area contributed by atoms with Crippen molar-refractivity contribution in [3.05, 3.63) is 30.1 Å². The van der Waals surface area contributed by atoms with E-state index in [4.69, 9.17) is 4.74 Å². The van der Waals surface area contributed by atoms with Crippen LogP contribution in [0.2, 0.25) is 0 Å². The van der Waals surface area contributed by atoms with Crippen molar-refractivity contribution in [2.45, 2.75) is 64.5 Å². The number of carbonyl (C=O) groups excluding carboxylic acids is 1. The maximum Gasteiger partial charge on any atom is 0.407 e. The molecule has 1 N–H and O–H groups in total. The quantitative estimate of drug-likeness (QED) is 0.923. The molecular formula is C17H26N2O2. The summed E-state index contributed by atoms with van der Waals surface area (Å²) in [5.74, 6) is 0.712. The van der Waals surface area contributed by atoms with E-state index < -0.39 is 5.60 Å². The molecule has 0 unspecified atom stereocenters. The fourth-order valence-electron chi connectivity index (χ4n) is 2.84. The molecule has 1 aliphatic carbocycles. The van der Waals surface area contributed by atoms with Crippen LogP contribution in [0, 0.1) is 5.92 Å². The van der Waals surface area contributed by atoms with Crippen LogP contribution in [-0.2, 0) is 11.2 Å². The first-order valence-electron chi connectivity index (χ1n) is 7.81. The van der Waals surface area contributed by atoms with Gasteiger partial charge in [-0.15, -0.1) is 0 Å². The standard InChI is InChI=1S/C17H26N2O2/c1-17(2,3)21-16(20)19-15-6-4-13(5-7-15)12-14-8-10-18-11-9-14/h8-11,13,15H,4-7,12H2,1-3H3,(H,19,20).